The lowest BCUT2D eigenvalue weighted by Gasteiger charge is -2.27. The molecule has 7 nitrogen and oxygen atoms in total. The number of nitrogens with zero attached hydrogens (tertiary/aromatic N) is 4. The zero-order valence-corrected chi connectivity index (χ0v) is 19.8. The number of hydrogen-bond donors (Lipinski definition) is 1. The number of ether oxygens (including phenoxy) is 2. The van der Waals surface area contributed by atoms with Crippen molar-refractivity contribution in [2.75, 3.05) is 32.5 Å². The molecular weight excluding hydrogens is 447 g/mol. The molecule has 186 valence electrons. The molecule has 5 atom stereocenters. The second kappa shape index (κ2) is 8.71. The van der Waals surface area contributed by atoms with Gasteiger partial charge in [0.05, 0.1) is 12.3 Å². The van der Waals surface area contributed by atoms with Gasteiger partial charge in [0.2, 0.25) is 0 Å². The molecule has 1 aliphatic heterocycles. The molecule has 0 aromatic carbocycles. The molecule has 2 N–H and O–H groups in total. The number of likely N-dealkylation sites (tertiary alicyclic amines) is 1. The lowest BCUT2D eigenvalue weighted by atomic mass is 10.0. The number of aromatic nitrogens is 3. The zero-order valence-electron chi connectivity index (χ0n) is 19.8. The van der Waals surface area contributed by atoms with E-state index < -0.39 is 12.3 Å². The van der Waals surface area contributed by atoms with Gasteiger partial charge in [0.15, 0.2) is 11.6 Å². The number of halogens is 3. The molecule has 3 fully saturated rings. The number of methoxy groups -OCH3 is 1. The van der Waals surface area contributed by atoms with E-state index in [2.05, 4.69) is 28.5 Å². The molecular formula is C24H32F3N5O2. The number of hydrogen-bond acceptors (Lipinski definition) is 6. The van der Waals surface area contributed by atoms with E-state index in [1.807, 2.05) is 10.7 Å². The largest absolute Gasteiger partial charge is 0.431 e. The Labute approximate surface area is 197 Å². The van der Waals surface area contributed by atoms with Crippen molar-refractivity contribution in [1.82, 2.24) is 19.7 Å². The number of nitrogen functional groups attached to an aromatic ring is 1. The van der Waals surface area contributed by atoms with Crippen LogP contribution in [0.2, 0.25) is 0 Å². The van der Waals surface area contributed by atoms with Crippen LogP contribution in [0.1, 0.15) is 50.8 Å². The second-order valence-electron chi connectivity index (χ2n) is 10.3. The highest BCUT2D eigenvalue weighted by atomic mass is 19.3. The summed E-state index contributed by atoms with van der Waals surface area (Å²) in [7, 11) is 1.55. The van der Waals surface area contributed by atoms with Crippen LogP contribution in [0.25, 0.3) is 11.3 Å². The summed E-state index contributed by atoms with van der Waals surface area (Å²) >= 11 is 0. The molecule has 34 heavy (non-hydrogen) atoms. The van der Waals surface area contributed by atoms with Gasteiger partial charge in [-0.2, -0.15) is 13.9 Å². The number of rotatable bonds is 8. The van der Waals surface area contributed by atoms with E-state index in [4.69, 9.17) is 15.6 Å². The fraction of sp³-hybridized carbons (Fsp3) is 0.667. The molecule has 2 aromatic rings. The van der Waals surface area contributed by atoms with Gasteiger partial charge < -0.3 is 15.2 Å². The number of pyridine rings is 1. The van der Waals surface area contributed by atoms with Crippen molar-refractivity contribution in [3.63, 3.8) is 0 Å². The number of anilines is 1. The molecule has 5 rings (SSSR count). The van der Waals surface area contributed by atoms with E-state index in [1.165, 1.54) is 12.3 Å². The van der Waals surface area contributed by atoms with Gasteiger partial charge in [-0.1, -0.05) is 0 Å². The third-order valence-electron chi connectivity index (χ3n) is 7.66. The summed E-state index contributed by atoms with van der Waals surface area (Å²) in [6, 6.07) is 4.08. The second-order valence-corrected chi connectivity index (χ2v) is 10.3. The molecule has 10 heteroatoms. The average Bonchev–Trinajstić information content (AvgIpc) is 3.18. The standard InChI is InChI=1S/C24H32F3N5O2/c1-13(2)32-19(9-18(30-32)14-6-20(34-23(25)26)22(28)29-10-14)21-16-7-15(8-17(16)21)31-5-4-24(27,11-31)12-33-3/h6,9-10,13,15-17,21,23H,4-5,7-8,11-12H2,1-3H3,(H2,28,29)/t15?,16-,17+,21+,24?. The van der Waals surface area contributed by atoms with Crippen molar-refractivity contribution in [1.29, 1.82) is 0 Å². The van der Waals surface area contributed by atoms with Gasteiger partial charge in [-0.15, -0.1) is 0 Å². The summed E-state index contributed by atoms with van der Waals surface area (Å²) in [5.41, 5.74) is 6.87. The van der Waals surface area contributed by atoms with Crippen LogP contribution in [0.4, 0.5) is 19.0 Å². The Morgan fingerprint density at radius 3 is 2.62 bits per heavy atom. The van der Waals surface area contributed by atoms with Crippen LogP contribution in [-0.2, 0) is 4.74 Å². The fourth-order valence-corrected chi connectivity index (χ4v) is 6.10. The van der Waals surface area contributed by atoms with Crippen LogP contribution in [0.5, 0.6) is 5.75 Å². The molecule has 2 aromatic heterocycles. The Kier molecular flexibility index (Phi) is 6.00. The quantitative estimate of drug-likeness (QED) is 0.610. The number of nitrogens with two attached hydrogens (primary N) is 1. The third kappa shape index (κ3) is 4.26. The molecule has 0 bridgehead atoms. The van der Waals surface area contributed by atoms with Crippen molar-refractivity contribution in [2.24, 2.45) is 11.8 Å². The summed E-state index contributed by atoms with van der Waals surface area (Å²) in [5, 5.41) is 4.77. The van der Waals surface area contributed by atoms with Gasteiger partial charge in [-0.25, -0.2) is 9.37 Å². The van der Waals surface area contributed by atoms with Gasteiger partial charge in [-0.05, 0) is 57.1 Å². The topological polar surface area (TPSA) is 78.4 Å². The summed E-state index contributed by atoms with van der Waals surface area (Å²) in [6.45, 7) is 2.58. The van der Waals surface area contributed by atoms with Gasteiger partial charge in [0.25, 0.3) is 0 Å². The predicted molar refractivity (Wildman–Crippen MR) is 122 cm³/mol. The van der Waals surface area contributed by atoms with Crippen molar-refractivity contribution in [3.05, 3.63) is 24.0 Å². The van der Waals surface area contributed by atoms with Gasteiger partial charge in [-0.3, -0.25) is 9.58 Å². The predicted octanol–water partition coefficient (Wildman–Crippen LogP) is 4.26. The molecule has 2 saturated carbocycles. The lowest BCUT2D eigenvalue weighted by molar-refractivity contribution is -0.0494. The normalized spacial score (nSPS) is 30.9. The Bertz CT molecular complexity index is 1040. The average molecular weight is 480 g/mol. The van der Waals surface area contributed by atoms with Crippen LogP contribution in [0, 0.1) is 11.8 Å². The number of alkyl halides is 3. The summed E-state index contributed by atoms with van der Waals surface area (Å²) in [5.74, 6) is 1.30. The molecule has 2 aliphatic carbocycles. The first-order chi connectivity index (χ1) is 16.2. The first-order valence-corrected chi connectivity index (χ1v) is 11.9. The lowest BCUT2D eigenvalue weighted by Crippen LogP contribution is -2.38. The van der Waals surface area contributed by atoms with Gasteiger partial charge >= 0.3 is 6.61 Å². The van der Waals surface area contributed by atoms with E-state index in [9.17, 15) is 13.2 Å². The first kappa shape index (κ1) is 23.4. The fourth-order valence-electron chi connectivity index (χ4n) is 6.10. The molecule has 3 heterocycles. The van der Waals surface area contributed by atoms with Crippen molar-refractivity contribution in [3.8, 4) is 17.0 Å². The van der Waals surface area contributed by atoms with Crippen LogP contribution >= 0.6 is 0 Å². The maximum Gasteiger partial charge on any atom is 0.387 e. The highest BCUT2D eigenvalue weighted by Gasteiger charge is 2.59. The van der Waals surface area contributed by atoms with Crippen molar-refractivity contribution >= 4 is 5.82 Å². The maximum absolute atomic E-state index is 14.9. The van der Waals surface area contributed by atoms with Crippen LogP contribution in [0.15, 0.2) is 18.3 Å². The van der Waals surface area contributed by atoms with E-state index in [0.717, 1.165) is 25.1 Å². The Hall–Kier alpha value is -2.33. The Morgan fingerprint density at radius 1 is 1.24 bits per heavy atom. The molecule has 1 saturated heterocycles. The first-order valence-electron chi connectivity index (χ1n) is 11.9. The van der Waals surface area contributed by atoms with Crippen LogP contribution < -0.4 is 10.5 Å². The van der Waals surface area contributed by atoms with Crippen LogP contribution in [-0.4, -0.2) is 64.8 Å². The Morgan fingerprint density at radius 2 is 1.97 bits per heavy atom. The molecule has 2 unspecified atom stereocenters. The van der Waals surface area contributed by atoms with Crippen molar-refractivity contribution < 1.29 is 22.6 Å². The Balaban J connectivity index is 1.31. The molecule has 0 amide bonds. The summed E-state index contributed by atoms with van der Waals surface area (Å²) in [6.07, 6.45) is 4.19. The van der Waals surface area contributed by atoms with E-state index in [1.54, 1.807) is 7.11 Å². The molecule has 0 radical (unpaired) electrons. The van der Waals surface area contributed by atoms with E-state index in [-0.39, 0.29) is 24.2 Å². The van der Waals surface area contributed by atoms with Crippen LogP contribution in [0.3, 0.4) is 0 Å². The molecule has 3 aliphatic rings. The minimum atomic E-state index is -2.98. The minimum Gasteiger partial charge on any atom is -0.431 e. The smallest absolute Gasteiger partial charge is 0.387 e. The highest BCUT2D eigenvalue weighted by Crippen LogP contribution is 2.64. The molecule has 0 spiro atoms. The SMILES string of the molecule is COCC1(F)CCN(C2C[C@@H]3[C@H](C2)[C@H]3c2cc(-c3cnc(N)c(OC(F)F)c3)nn2C(C)C)C1. The van der Waals surface area contributed by atoms with Gasteiger partial charge in [0, 0.05) is 55.7 Å². The highest BCUT2D eigenvalue weighted by molar-refractivity contribution is 5.64. The monoisotopic (exact) mass is 479 g/mol. The summed E-state index contributed by atoms with van der Waals surface area (Å²) in [4.78, 5) is 6.32. The van der Waals surface area contributed by atoms with E-state index in [0.29, 0.717) is 48.0 Å². The third-order valence-corrected chi connectivity index (χ3v) is 7.66. The zero-order chi connectivity index (χ0) is 24.2. The number of fused-ring (bicyclic) bond motifs is 1. The van der Waals surface area contributed by atoms with Gasteiger partial charge in [0.1, 0.15) is 5.67 Å². The van der Waals surface area contributed by atoms with E-state index >= 15 is 0 Å². The summed E-state index contributed by atoms with van der Waals surface area (Å²) < 4.78 is 51.9. The minimum absolute atomic E-state index is 0.0833. The van der Waals surface area contributed by atoms with Crippen molar-refractivity contribution in [2.45, 2.75) is 63.4 Å². The maximum atomic E-state index is 14.9.